The predicted molar refractivity (Wildman–Crippen MR) is 103 cm³/mol. The summed E-state index contributed by atoms with van der Waals surface area (Å²) in [6.45, 7) is 3.98. The van der Waals surface area contributed by atoms with Gasteiger partial charge in [-0.05, 0) is 19.3 Å². The molecule has 0 radical (unpaired) electrons. The Kier molecular flexibility index (Phi) is 12.2. The zero-order valence-corrected chi connectivity index (χ0v) is 17.3. The molecule has 1 aliphatic heterocycles. The number of aliphatic hydroxyl groups is 2. The monoisotopic (exact) mass is 404 g/mol. The van der Waals surface area contributed by atoms with Crippen LogP contribution in [0, 0.1) is 0 Å². The van der Waals surface area contributed by atoms with Crippen LogP contribution in [0.3, 0.4) is 0 Å². The average Bonchev–Trinajstić information content (AvgIpc) is 2.68. The van der Waals surface area contributed by atoms with Crippen molar-refractivity contribution in [3.05, 3.63) is 0 Å². The lowest BCUT2D eigenvalue weighted by Crippen LogP contribution is -2.48. The number of ether oxygens (including phenoxy) is 3. The Labute approximate surface area is 167 Å². The van der Waals surface area contributed by atoms with Gasteiger partial charge in [0.15, 0.2) is 0 Å². The summed E-state index contributed by atoms with van der Waals surface area (Å²) in [6.07, 6.45) is -0.539. The van der Waals surface area contributed by atoms with Crippen molar-refractivity contribution >= 4 is 11.8 Å². The molecule has 0 aromatic carbocycles. The van der Waals surface area contributed by atoms with Gasteiger partial charge in [0, 0.05) is 53.9 Å². The van der Waals surface area contributed by atoms with E-state index >= 15 is 0 Å². The molecule has 1 fully saturated rings. The zero-order chi connectivity index (χ0) is 20.9. The molecule has 0 aliphatic carbocycles. The van der Waals surface area contributed by atoms with E-state index in [0.29, 0.717) is 45.7 Å². The number of rotatable bonds is 4. The van der Waals surface area contributed by atoms with Crippen molar-refractivity contribution in [1.29, 1.82) is 0 Å². The van der Waals surface area contributed by atoms with E-state index in [2.05, 4.69) is 0 Å². The first-order chi connectivity index (χ1) is 13.4. The summed E-state index contributed by atoms with van der Waals surface area (Å²) in [5.74, 6) is -0.122. The van der Waals surface area contributed by atoms with Gasteiger partial charge in [-0.15, -0.1) is 0 Å². The fourth-order valence-corrected chi connectivity index (χ4v) is 3.13. The van der Waals surface area contributed by atoms with Crippen LogP contribution in [0.5, 0.6) is 0 Å². The van der Waals surface area contributed by atoms with Crippen molar-refractivity contribution < 1.29 is 34.0 Å². The van der Waals surface area contributed by atoms with Crippen LogP contribution >= 0.6 is 0 Å². The lowest BCUT2D eigenvalue weighted by atomic mass is 10.1. The van der Waals surface area contributed by atoms with E-state index in [9.17, 15) is 19.8 Å². The maximum absolute atomic E-state index is 12.4. The summed E-state index contributed by atoms with van der Waals surface area (Å²) in [6, 6.07) is 0. The number of carbonyl (C=O) groups excluding carboxylic acids is 2. The standard InChI is InChI=1S/C19H36N2O7/c1-15(22)21-10-6-9-20(18(24)7-12-26-2)8-4-5-11-28-14-16(23)19(25)17(13-21)27-3/h16-17,19,23,25H,4-14H2,1-3H3/t16-,17-,19-/m0/s1. The van der Waals surface area contributed by atoms with E-state index in [-0.39, 0.29) is 25.0 Å². The van der Waals surface area contributed by atoms with Gasteiger partial charge in [0.05, 0.1) is 19.6 Å². The second-order valence-corrected chi connectivity index (χ2v) is 7.06. The van der Waals surface area contributed by atoms with E-state index < -0.39 is 18.3 Å². The van der Waals surface area contributed by atoms with E-state index in [1.807, 2.05) is 0 Å². The number of amides is 2. The largest absolute Gasteiger partial charge is 0.388 e. The van der Waals surface area contributed by atoms with Crippen molar-refractivity contribution in [2.75, 3.05) is 60.2 Å². The van der Waals surface area contributed by atoms with Crippen molar-refractivity contribution in [2.24, 2.45) is 0 Å². The summed E-state index contributed by atoms with van der Waals surface area (Å²) in [7, 11) is 3.00. The maximum atomic E-state index is 12.4. The smallest absolute Gasteiger partial charge is 0.224 e. The van der Waals surface area contributed by atoms with Crippen molar-refractivity contribution in [3.63, 3.8) is 0 Å². The summed E-state index contributed by atoms with van der Waals surface area (Å²) in [5.41, 5.74) is 0. The summed E-state index contributed by atoms with van der Waals surface area (Å²) in [4.78, 5) is 27.8. The van der Waals surface area contributed by atoms with Gasteiger partial charge in [-0.1, -0.05) is 0 Å². The number of methoxy groups -OCH3 is 2. The highest BCUT2D eigenvalue weighted by Gasteiger charge is 2.29. The van der Waals surface area contributed by atoms with Crippen molar-refractivity contribution in [3.8, 4) is 0 Å². The molecule has 164 valence electrons. The van der Waals surface area contributed by atoms with Crippen LogP contribution in [0.2, 0.25) is 0 Å². The second kappa shape index (κ2) is 13.8. The molecule has 1 aliphatic rings. The first-order valence-corrected chi connectivity index (χ1v) is 9.89. The quantitative estimate of drug-likeness (QED) is 0.658. The highest BCUT2D eigenvalue weighted by atomic mass is 16.5. The van der Waals surface area contributed by atoms with Crippen LogP contribution in [0.15, 0.2) is 0 Å². The third-order valence-electron chi connectivity index (χ3n) is 4.91. The fourth-order valence-electron chi connectivity index (χ4n) is 3.13. The Morgan fingerprint density at radius 2 is 1.75 bits per heavy atom. The van der Waals surface area contributed by atoms with Gasteiger partial charge in [-0.25, -0.2) is 0 Å². The van der Waals surface area contributed by atoms with Gasteiger partial charge in [-0.2, -0.15) is 0 Å². The lowest BCUT2D eigenvalue weighted by Gasteiger charge is -2.31. The molecule has 9 nitrogen and oxygen atoms in total. The number of hydrogen-bond acceptors (Lipinski definition) is 7. The second-order valence-electron chi connectivity index (χ2n) is 7.06. The molecule has 0 bridgehead atoms. The first kappa shape index (κ1) is 24.8. The zero-order valence-electron chi connectivity index (χ0n) is 17.3. The van der Waals surface area contributed by atoms with Crippen LogP contribution in [-0.2, 0) is 23.8 Å². The first-order valence-electron chi connectivity index (χ1n) is 9.89. The molecule has 0 aromatic rings. The van der Waals surface area contributed by atoms with Gasteiger partial charge in [-0.3, -0.25) is 9.59 Å². The average molecular weight is 405 g/mol. The molecule has 3 atom stereocenters. The molecule has 1 saturated heterocycles. The molecule has 1 heterocycles. The Balaban J connectivity index is 2.82. The van der Waals surface area contributed by atoms with E-state index in [4.69, 9.17) is 14.2 Å². The third kappa shape index (κ3) is 8.83. The maximum Gasteiger partial charge on any atom is 0.224 e. The Bertz CT molecular complexity index is 464. The lowest BCUT2D eigenvalue weighted by molar-refractivity contribution is -0.136. The van der Waals surface area contributed by atoms with Gasteiger partial charge in [0.25, 0.3) is 0 Å². The number of aliphatic hydroxyl groups excluding tert-OH is 2. The highest BCUT2D eigenvalue weighted by molar-refractivity contribution is 5.76. The van der Waals surface area contributed by atoms with Crippen LogP contribution in [0.4, 0.5) is 0 Å². The molecular weight excluding hydrogens is 368 g/mol. The number of hydrogen-bond donors (Lipinski definition) is 2. The van der Waals surface area contributed by atoms with Gasteiger partial charge >= 0.3 is 0 Å². The predicted octanol–water partition coefficient (Wildman–Crippen LogP) is -0.363. The van der Waals surface area contributed by atoms with Crippen molar-refractivity contribution in [1.82, 2.24) is 9.80 Å². The number of carbonyl (C=O) groups is 2. The van der Waals surface area contributed by atoms with Gasteiger partial charge in [0.1, 0.15) is 18.3 Å². The fraction of sp³-hybridized carbons (Fsp3) is 0.895. The van der Waals surface area contributed by atoms with Gasteiger partial charge in [0.2, 0.25) is 11.8 Å². The van der Waals surface area contributed by atoms with E-state index in [0.717, 1.165) is 12.8 Å². The summed E-state index contributed by atoms with van der Waals surface area (Å²) >= 11 is 0. The molecule has 0 spiro atoms. The van der Waals surface area contributed by atoms with Crippen molar-refractivity contribution in [2.45, 2.75) is 50.9 Å². The minimum Gasteiger partial charge on any atom is -0.388 e. The van der Waals surface area contributed by atoms with Crippen LogP contribution < -0.4 is 0 Å². The Morgan fingerprint density at radius 1 is 1.07 bits per heavy atom. The Hall–Kier alpha value is -1.26. The SMILES string of the molecule is COCCC(=O)N1CCCCOC[C@H](O)[C@H](O)[C@@H](OC)CN(C(C)=O)CCC1. The van der Waals surface area contributed by atoms with Gasteiger partial charge < -0.3 is 34.2 Å². The minimum atomic E-state index is -1.16. The normalized spacial score (nSPS) is 26.4. The van der Waals surface area contributed by atoms with Crippen LogP contribution in [0.1, 0.15) is 32.6 Å². The molecule has 28 heavy (non-hydrogen) atoms. The molecular formula is C19H36N2O7. The topological polar surface area (TPSA) is 109 Å². The molecule has 1 rings (SSSR count). The molecule has 2 N–H and O–H groups in total. The third-order valence-corrected chi connectivity index (χ3v) is 4.91. The highest BCUT2D eigenvalue weighted by Crippen LogP contribution is 2.10. The summed E-state index contributed by atoms with van der Waals surface area (Å²) < 4.78 is 15.8. The molecule has 0 saturated carbocycles. The number of nitrogens with zero attached hydrogens (tertiary/aromatic N) is 2. The van der Waals surface area contributed by atoms with Crippen LogP contribution in [-0.4, -0.2) is 110 Å². The molecule has 0 aromatic heterocycles. The molecule has 9 heteroatoms. The van der Waals surface area contributed by atoms with E-state index in [1.54, 1.807) is 16.9 Å². The Morgan fingerprint density at radius 3 is 2.39 bits per heavy atom. The molecule has 2 amide bonds. The minimum absolute atomic E-state index is 0.0163. The molecule has 0 unspecified atom stereocenters. The van der Waals surface area contributed by atoms with Crippen LogP contribution in [0.25, 0.3) is 0 Å². The van der Waals surface area contributed by atoms with E-state index in [1.165, 1.54) is 14.0 Å². The summed E-state index contributed by atoms with van der Waals surface area (Å²) in [5, 5.41) is 20.5.